The molecule has 0 bridgehead atoms. The maximum Gasteiger partial charge on any atom is 0.370 e. The summed E-state index contributed by atoms with van der Waals surface area (Å²) in [6, 6.07) is 14.6. The van der Waals surface area contributed by atoms with E-state index in [1.807, 2.05) is 36.4 Å². The summed E-state index contributed by atoms with van der Waals surface area (Å²) in [5, 5.41) is 2.70. The maximum absolute atomic E-state index is 12.4. The van der Waals surface area contributed by atoms with Gasteiger partial charge in [0, 0.05) is 18.8 Å². The van der Waals surface area contributed by atoms with Gasteiger partial charge in [-0.2, -0.15) is 0 Å². The van der Waals surface area contributed by atoms with Crippen molar-refractivity contribution in [2.24, 2.45) is 7.05 Å². The van der Waals surface area contributed by atoms with Crippen LogP contribution in [0.25, 0.3) is 11.3 Å². The van der Waals surface area contributed by atoms with Crippen molar-refractivity contribution >= 4 is 5.91 Å². The van der Waals surface area contributed by atoms with Gasteiger partial charge in [0.15, 0.2) is 5.56 Å². The quantitative estimate of drug-likeness (QED) is 0.799. The van der Waals surface area contributed by atoms with E-state index in [4.69, 9.17) is 4.52 Å². The predicted molar refractivity (Wildman–Crippen MR) is 84.8 cm³/mol. The van der Waals surface area contributed by atoms with Crippen LogP contribution in [0.4, 0.5) is 0 Å². The van der Waals surface area contributed by atoms with Gasteiger partial charge in [0.05, 0.1) is 12.2 Å². The molecule has 1 aromatic carbocycles. The maximum atomic E-state index is 12.4. The van der Waals surface area contributed by atoms with E-state index in [0.717, 1.165) is 5.56 Å². The van der Waals surface area contributed by atoms with Gasteiger partial charge in [-0.05, 0) is 12.1 Å². The lowest BCUT2D eigenvalue weighted by Gasteiger charge is -2.06. The molecule has 3 rings (SSSR count). The van der Waals surface area contributed by atoms with Crippen LogP contribution < -0.4 is 10.9 Å². The zero-order chi connectivity index (χ0) is 16.2. The average Bonchev–Trinajstić information content (AvgIpc) is 2.88. The Balaban J connectivity index is 1.90. The molecule has 0 saturated heterocycles. The van der Waals surface area contributed by atoms with Gasteiger partial charge in [0.25, 0.3) is 5.91 Å². The van der Waals surface area contributed by atoms with Gasteiger partial charge in [0.2, 0.25) is 0 Å². The molecule has 116 valence electrons. The van der Waals surface area contributed by atoms with Crippen LogP contribution in [0.5, 0.6) is 0 Å². The number of benzene rings is 1. The smallest absolute Gasteiger partial charge is 0.346 e. The standard InChI is InChI=1S/C17H15N3O3/c1-20-15(12-7-3-2-4-8-12)14(17(22)23-20)16(21)19-11-13-9-5-6-10-18-13/h2-10H,11H2,1H3,(H,19,21). The minimum absolute atomic E-state index is 0.00497. The molecule has 0 atom stereocenters. The zero-order valence-electron chi connectivity index (χ0n) is 12.5. The summed E-state index contributed by atoms with van der Waals surface area (Å²) in [5.41, 5.74) is 1.24. The van der Waals surface area contributed by atoms with Gasteiger partial charge in [-0.15, -0.1) is 0 Å². The van der Waals surface area contributed by atoms with E-state index in [1.54, 1.807) is 25.4 Å². The number of carbonyl (C=O) groups is 1. The third kappa shape index (κ3) is 3.06. The van der Waals surface area contributed by atoms with Gasteiger partial charge in [-0.3, -0.25) is 9.78 Å². The Morgan fingerprint density at radius 1 is 1.17 bits per heavy atom. The predicted octanol–water partition coefficient (Wildman–Crippen LogP) is 1.97. The Kier molecular flexibility index (Phi) is 4.05. The highest BCUT2D eigenvalue weighted by Gasteiger charge is 2.23. The molecule has 1 amide bonds. The molecule has 0 aliphatic carbocycles. The van der Waals surface area contributed by atoms with Crippen LogP contribution in [0.3, 0.4) is 0 Å². The Labute approximate surface area is 132 Å². The Hall–Kier alpha value is -3.15. The second kappa shape index (κ2) is 6.31. The Bertz CT molecular complexity index is 867. The van der Waals surface area contributed by atoms with Crippen molar-refractivity contribution in [3.8, 4) is 11.3 Å². The molecule has 3 aromatic rings. The SMILES string of the molecule is Cn1oc(=O)c(C(=O)NCc2ccccn2)c1-c1ccccc1. The van der Waals surface area contributed by atoms with E-state index < -0.39 is 11.5 Å². The fraction of sp³-hybridized carbons (Fsp3) is 0.118. The van der Waals surface area contributed by atoms with Gasteiger partial charge < -0.3 is 9.84 Å². The number of pyridine rings is 1. The Morgan fingerprint density at radius 2 is 1.91 bits per heavy atom. The molecule has 6 heteroatoms. The highest BCUT2D eigenvalue weighted by atomic mass is 16.5. The van der Waals surface area contributed by atoms with Crippen LogP contribution in [0.1, 0.15) is 16.1 Å². The van der Waals surface area contributed by atoms with Crippen LogP contribution in [0, 0.1) is 0 Å². The fourth-order valence-electron chi connectivity index (χ4n) is 2.35. The highest BCUT2D eigenvalue weighted by molar-refractivity contribution is 5.99. The highest BCUT2D eigenvalue weighted by Crippen LogP contribution is 2.21. The van der Waals surface area contributed by atoms with Gasteiger partial charge in [0.1, 0.15) is 5.69 Å². The van der Waals surface area contributed by atoms with E-state index in [1.165, 1.54) is 4.74 Å². The summed E-state index contributed by atoms with van der Waals surface area (Å²) in [5.74, 6) is -0.483. The lowest BCUT2D eigenvalue weighted by atomic mass is 10.1. The van der Waals surface area contributed by atoms with Crippen LogP contribution in [-0.4, -0.2) is 15.6 Å². The first-order valence-electron chi connectivity index (χ1n) is 7.10. The lowest BCUT2D eigenvalue weighted by Crippen LogP contribution is -2.27. The van der Waals surface area contributed by atoms with Crippen molar-refractivity contribution in [3.05, 3.63) is 76.4 Å². The summed E-state index contributed by atoms with van der Waals surface area (Å²) in [6.07, 6.45) is 1.65. The number of nitrogens with one attached hydrogen (secondary N) is 1. The molecule has 0 unspecified atom stereocenters. The van der Waals surface area contributed by atoms with E-state index >= 15 is 0 Å². The fourth-order valence-corrected chi connectivity index (χ4v) is 2.35. The normalized spacial score (nSPS) is 10.5. The van der Waals surface area contributed by atoms with Crippen molar-refractivity contribution in [1.82, 2.24) is 15.0 Å². The minimum atomic E-state index is -0.662. The molecule has 2 aromatic heterocycles. The van der Waals surface area contributed by atoms with Crippen LogP contribution >= 0.6 is 0 Å². The molecule has 0 aliphatic rings. The van der Waals surface area contributed by atoms with Crippen LogP contribution in [0.15, 0.2) is 64.0 Å². The van der Waals surface area contributed by atoms with E-state index in [0.29, 0.717) is 11.4 Å². The molecule has 0 fully saturated rings. The number of rotatable bonds is 4. The van der Waals surface area contributed by atoms with Crippen molar-refractivity contribution in [2.75, 3.05) is 0 Å². The molecule has 0 saturated carbocycles. The number of nitrogens with zero attached hydrogens (tertiary/aromatic N) is 2. The van der Waals surface area contributed by atoms with E-state index in [2.05, 4.69) is 10.3 Å². The topological polar surface area (TPSA) is 77.1 Å². The monoisotopic (exact) mass is 309 g/mol. The minimum Gasteiger partial charge on any atom is -0.346 e. The molecule has 0 aliphatic heterocycles. The first-order valence-corrected chi connectivity index (χ1v) is 7.10. The van der Waals surface area contributed by atoms with Gasteiger partial charge in [-0.1, -0.05) is 36.4 Å². The largest absolute Gasteiger partial charge is 0.370 e. The van der Waals surface area contributed by atoms with Crippen LogP contribution in [-0.2, 0) is 13.6 Å². The average molecular weight is 309 g/mol. The Morgan fingerprint density at radius 3 is 2.61 bits per heavy atom. The molecule has 1 N–H and O–H groups in total. The lowest BCUT2D eigenvalue weighted by molar-refractivity contribution is 0.0948. The number of carbonyl (C=O) groups excluding carboxylic acids is 1. The molecular formula is C17H15N3O3. The van der Waals surface area contributed by atoms with Crippen LogP contribution in [0.2, 0.25) is 0 Å². The number of hydrogen-bond donors (Lipinski definition) is 1. The van der Waals surface area contributed by atoms with Crippen molar-refractivity contribution in [2.45, 2.75) is 6.54 Å². The second-order valence-corrected chi connectivity index (χ2v) is 4.97. The summed E-state index contributed by atoms with van der Waals surface area (Å²) >= 11 is 0. The number of aromatic nitrogens is 2. The van der Waals surface area contributed by atoms with Crippen molar-refractivity contribution < 1.29 is 9.32 Å². The molecule has 2 heterocycles. The molecule has 0 radical (unpaired) electrons. The van der Waals surface area contributed by atoms with E-state index in [9.17, 15) is 9.59 Å². The summed E-state index contributed by atoms with van der Waals surface area (Å²) in [7, 11) is 1.60. The third-order valence-electron chi connectivity index (χ3n) is 3.41. The first-order chi connectivity index (χ1) is 11.2. The summed E-state index contributed by atoms with van der Waals surface area (Å²) < 4.78 is 6.37. The number of amides is 1. The van der Waals surface area contributed by atoms with Gasteiger partial charge >= 0.3 is 5.63 Å². The van der Waals surface area contributed by atoms with Gasteiger partial charge in [-0.25, -0.2) is 9.53 Å². The van der Waals surface area contributed by atoms with E-state index in [-0.39, 0.29) is 12.1 Å². The van der Waals surface area contributed by atoms with Crippen molar-refractivity contribution in [1.29, 1.82) is 0 Å². The third-order valence-corrected chi connectivity index (χ3v) is 3.41. The molecule has 0 spiro atoms. The van der Waals surface area contributed by atoms with Crippen molar-refractivity contribution in [3.63, 3.8) is 0 Å². The zero-order valence-corrected chi connectivity index (χ0v) is 12.5. The number of hydrogen-bond acceptors (Lipinski definition) is 4. The molecule has 6 nitrogen and oxygen atoms in total. The number of aryl methyl sites for hydroxylation is 1. The molecular weight excluding hydrogens is 294 g/mol. The summed E-state index contributed by atoms with van der Waals surface area (Å²) in [4.78, 5) is 28.6. The first kappa shape index (κ1) is 14.8. The second-order valence-electron chi connectivity index (χ2n) is 4.97. The summed E-state index contributed by atoms with van der Waals surface area (Å²) in [6.45, 7) is 0.238. The molecule has 23 heavy (non-hydrogen) atoms.